The Morgan fingerprint density at radius 1 is 0.405 bits per heavy atom. The number of hydrogen-bond acceptors (Lipinski definition) is 4. The zero-order valence-corrected chi connectivity index (χ0v) is 27.3. The lowest BCUT2D eigenvalue weighted by Gasteiger charge is -2.34. The lowest BCUT2D eigenvalue weighted by molar-refractivity contribution is 0.126. The molecule has 37 heavy (non-hydrogen) atoms. The second-order valence-electron chi connectivity index (χ2n) is 13.8. The molecule has 0 amide bonds. The molecule has 0 spiro atoms. The third kappa shape index (κ3) is 15.9. The molecule has 3 heterocycles. The highest BCUT2D eigenvalue weighted by atomic mass is 15.3. The van der Waals surface area contributed by atoms with E-state index in [-0.39, 0.29) is 0 Å². The summed E-state index contributed by atoms with van der Waals surface area (Å²) < 4.78 is 0. The van der Waals surface area contributed by atoms with Gasteiger partial charge in [-0.3, -0.25) is 4.90 Å². The molecule has 0 aromatic carbocycles. The predicted octanol–water partition coefficient (Wildman–Crippen LogP) is 7.34. The van der Waals surface area contributed by atoms with E-state index in [1.807, 2.05) is 0 Å². The maximum absolute atomic E-state index is 2.53. The SMILES string of the molecule is CC(C)C1CCCCC1.CC(C)C1CCN(C)CC1.CC(C)N1CCCC1.CC(C)N1CCN(C)CC1. The van der Waals surface area contributed by atoms with Gasteiger partial charge in [-0.05, 0) is 117 Å². The van der Waals surface area contributed by atoms with Gasteiger partial charge in [-0.1, -0.05) is 59.8 Å². The van der Waals surface area contributed by atoms with Crippen LogP contribution in [-0.4, -0.2) is 98.1 Å². The summed E-state index contributed by atoms with van der Waals surface area (Å²) in [6.07, 6.45) is 13.1. The van der Waals surface area contributed by atoms with Crippen molar-refractivity contribution in [2.45, 2.75) is 125 Å². The van der Waals surface area contributed by atoms with Crippen LogP contribution >= 0.6 is 0 Å². The summed E-state index contributed by atoms with van der Waals surface area (Å²) in [5.74, 6) is 3.88. The number of likely N-dealkylation sites (tertiary alicyclic amines) is 2. The van der Waals surface area contributed by atoms with Crippen molar-refractivity contribution in [3.8, 4) is 0 Å². The van der Waals surface area contributed by atoms with Gasteiger partial charge in [-0.2, -0.15) is 0 Å². The van der Waals surface area contributed by atoms with Gasteiger partial charge < -0.3 is 14.7 Å². The molecule has 0 bridgehead atoms. The third-order valence-corrected chi connectivity index (χ3v) is 9.44. The molecule has 0 N–H and O–H groups in total. The molecule has 4 heteroatoms. The van der Waals surface area contributed by atoms with Crippen LogP contribution in [0.4, 0.5) is 0 Å². The van der Waals surface area contributed by atoms with E-state index in [0.717, 1.165) is 35.8 Å². The van der Waals surface area contributed by atoms with Crippen LogP contribution in [0.15, 0.2) is 0 Å². The summed E-state index contributed by atoms with van der Waals surface area (Å²) in [6, 6.07) is 1.51. The van der Waals surface area contributed by atoms with Crippen LogP contribution in [0.2, 0.25) is 0 Å². The van der Waals surface area contributed by atoms with E-state index in [1.165, 1.54) is 110 Å². The summed E-state index contributed by atoms with van der Waals surface area (Å²) in [5.41, 5.74) is 0. The molecule has 1 saturated carbocycles. The van der Waals surface area contributed by atoms with E-state index in [0.29, 0.717) is 0 Å². The van der Waals surface area contributed by atoms with Crippen LogP contribution in [0.3, 0.4) is 0 Å². The highest BCUT2D eigenvalue weighted by Crippen LogP contribution is 2.29. The maximum atomic E-state index is 2.53. The van der Waals surface area contributed by atoms with Crippen molar-refractivity contribution in [3.05, 3.63) is 0 Å². The molecule has 1 aliphatic carbocycles. The van der Waals surface area contributed by atoms with E-state index in [1.54, 1.807) is 0 Å². The van der Waals surface area contributed by atoms with Gasteiger partial charge in [0.15, 0.2) is 0 Å². The molecule has 0 aromatic rings. The summed E-state index contributed by atoms with van der Waals surface area (Å²) >= 11 is 0. The summed E-state index contributed by atoms with van der Waals surface area (Å²) in [4.78, 5) is 9.87. The molecular weight excluding hydrogens is 452 g/mol. The molecule has 3 saturated heterocycles. The molecule has 0 atom stereocenters. The number of piperidine rings is 1. The summed E-state index contributed by atoms with van der Waals surface area (Å²) in [7, 11) is 4.41. The van der Waals surface area contributed by atoms with Crippen LogP contribution in [0.25, 0.3) is 0 Å². The van der Waals surface area contributed by atoms with Crippen molar-refractivity contribution in [1.29, 1.82) is 0 Å². The van der Waals surface area contributed by atoms with Crippen molar-refractivity contribution < 1.29 is 0 Å². The highest BCUT2D eigenvalue weighted by molar-refractivity contribution is 4.73. The average Bonchev–Trinajstić information content (AvgIpc) is 3.42. The first-order valence-corrected chi connectivity index (χ1v) is 16.4. The number of likely N-dealkylation sites (N-methyl/N-ethyl adjacent to an activating group) is 1. The van der Waals surface area contributed by atoms with Crippen molar-refractivity contribution in [3.63, 3.8) is 0 Å². The topological polar surface area (TPSA) is 13.0 Å². The van der Waals surface area contributed by atoms with Gasteiger partial charge in [0.25, 0.3) is 0 Å². The smallest absolute Gasteiger partial charge is 0.0112 e. The minimum atomic E-state index is 0.730. The van der Waals surface area contributed by atoms with Crippen LogP contribution in [0.5, 0.6) is 0 Å². The first kappa shape index (κ1) is 34.9. The Morgan fingerprint density at radius 3 is 1.14 bits per heavy atom. The quantitative estimate of drug-likeness (QED) is 0.383. The second-order valence-corrected chi connectivity index (χ2v) is 13.8. The van der Waals surface area contributed by atoms with Gasteiger partial charge in [0.1, 0.15) is 0 Å². The van der Waals surface area contributed by atoms with Gasteiger partial charge in [-0.15, -0.1) is 0 Å². The van der Waals surface area contributed by atoms with Crippen LogP contribution in [-0.2, 0) is 0 Å². The van der Waals surface area contributed by atoms with Crippen LogP contribution in [0.1, 0.15) is 113 Å². The summed E-state index contributed by atoms with van der Waals surface area (Å²) in [5, 5.41) is 0. The Bertz CT molecular complexity index is 478. The Labute approximate surface area is 234 Å². The Morgan fingerprint density at radius 2 is 0.784 bits per heavy atom. The van der Waals surface area contributed by atoms with Crippen LogP contribution in [0, 0.1) is 23.7 Å². The minimum absolute atomic E-state index is 0.730. The zero-order chi connectivity index (χ0) is 27.8. The molecule has 0 unspecified atom stereocenters. The largest absolute Gasteiger partial charge is 0.306 e. The van der Waals surface area contributed by atoms with Gasteiger partial charge >= 0.3 is 0 Å². The molecule has 4 fully saturated rings. The van der Waals surface area contributed by atoms with Crippen molar-refractivity contribution >= 4 is 0 Å². The van der Waals surface area contributed by atoms with Crippen LogP contribution < -0.4 is 0 Å². The van der Waals surface area contributed by atoms with E-state index >= 15 is 0 Å². The van der Waals surface area contributed by atoms with Gasteiger partial charge in [0.05, 0.1) is 0 Å². The highest BCUT2D eigenvalue weighted by Gasteiger charge is 2.19. The normalized spacial score (nSPS) is 23.5. The molecule has 4 rings (SSSR count). The molecule has 0 aromatic heterocycles. The molecule has 4 aliphatic rings. The van der Waals surface area contributed by atoms with Crippen molar-refractivity contribution in [1.82, 2.24) is 19.6 Å². The molecule has 3 aliphatic heterocycles. The van der Waals surface area contributed by atoms with Gasteiger partial charge in [0, 0.05) is 38.3 Å². The fourth-order valence-electron chi connectivity index (χ4n) is 6.09. The molecule has 222 valence electrons. The first-order chi connectivity index (χ1) is 17.5. The van der Waals surface area contributed by atoms with E-state index in [4.69, 9.17) is 0 Å². The van der Waals surface area contributed by atoms with E-state index in [9.17, 15) is 0 Å². The lowest BCUT2D eigenvalue weighted by Crippen LogP contribution is -2.47. The average molecular weight is 523 g/mol. The second kappa shape index (κ2) is 19.8. The Balaban J connectivity index is 0.000000248. The standard InChI is InChI=1S/C9H19N.C9H18.C8H18N2.C7H15N/c1-8(2)9-4-6-10(3)7-5-9;1-8(2)9-6-4-3-5-7-9;1-8(2)10-6-4-9(3)5-7-10;1-7(2)8-5-3-4-6-8/h8-9H,4-7H2,1-3H3;8-9H,3-7H2,1-2H3;8H,4-7H2,1-3H3;7H,3-6H2,1-2H3. The predicted molar refractivity (Wildman–Crippen MR) is 167 cm³/mol. The fraction of sp³-hybridized carbons (Fsp3) is 1.00. The maximum Gasteiger partial charge on any atom is 0.0112 e. The number of piperazine rings is 1. The number of rotatable bonds is 4. The first-order valence-electron chi connectivity index (χ1n) is 16.4. The van der Waals surface area contributed by atoms with E-state index in [2.05, 4.69) is 89.1 Å². The van der Waals surface area contributed by atoms with Gasteiger partial charge in [-0.25, -0.2) is 0 Å². The monoisotopic (exact) mass is 523 g/mol. The zero-order valence-electron chi connectivity index (χ0n) is 27.3. The summed E-state index contributed by atoms with van der Waals surface area (Å²) in [6.45, 7) is 28.7. The van der Waals surface area contributed by atoms with E-state index < -0.39 is 0 Å². The third-order valence-electron chi connectivity index (χ3n) is 9.44. The number of hydrogen-bond donors (Lipinski definition) is 0. The molecule has 4 nitrogen and oxygen atoms in total. The van der Waals surface area contributed by atoms with Crippen molar-refractivity contribution in [2.24, 2.45) is 23.7 Å². The fourth-order valence-corrected chi connectivity index (χ4v) is 6.09. The minimum Gasteiger partial charge on any atom is -0.306 e. The van der Waals surface area contributed by atoms with Crippen molar-refractivity contribution in [2.75, 3.05) is 66.5 Å². The number of nitrogens with zero attached hydrogens (tertiary/aromatic N) is 4. The molecular formula is C33H70N4. The Kier molecular flexibility index (Phi) is 18.7. The van der Waals surface area contributed by atoms with Gasteiger partial charge in [0.2, 0.25) is 0 Å². The Hall–Kier alpha value is -0.160. The molecule has 0 radical (unpaired) electrons. The lowest BCUT2D eigenvalue weighted by atomic mass is 9.82.